The van der Waals surface area contributed by atoms with Crippen molar-refractivity contribution in [3.63, 3.8) is 0 Å². The minimum Gasteiger partial charge on any atom is -0.493 e. The first-order valence-electron chi connectivity index (χ1n) is 10.3. The second kappa shape index (κ2) is 9.19. The average Bonchev–Trinajstić information content (AvgIpc) is 2.77. The van der Waals surface area contributed by atoms with Crippen LogP contribution in [0.1, 0.15) is 29.6 Å². The van der Waals surface area contributed by atoms with E-state index in [2.05, 4.69) is 23.1 Å². The van der Waals surface area contributed by atoms with Gasteiger partial charge >= 0.3 is 0 Å². The zero-order chi connectivity index (χ0) is 20.1. The first-order valence-corrected chi connectivity index (χ1v) is 10.3. The molecule has 0 radical (unpaired) electrons. The molecule has 0 N–H and O–H groups in total. The summed E-state index contributed by atoms with van der Waals surface area (Å²) in [5.74, 6) is 0.821. The molecule has 0 amide bonds. The Balaban J connectivity index is 1.21. The number of carbonyl (C=O) groups is 1. The van der Waals surface area contributed by atoms with Crippen LogP contribution in [0.2, 0.25) is 0 Å². The maximum Gasteiger partial charge on any atom is 0.166 e. The highest BCUT2D eigenvalue weighted by Crippen LogP contribution is 2.25. The van der Waals surface area contributed by atoms with Crippen molar-refractivity contribution in [2.75, 3.05) is 26.2 Å². The van der Waals surface area contributed by atoms with E-state index in [0.29, 0.717) is 12.2 Å². The maximum atomic E-state index is 13.0. The summed E-state index contributed by atoms with van der Waals surface area (Å²) < 4.78 is 19.1. The van der Waals surface area contributed by atoms with Crippen LogP contribution in [0.5, 0.6) is 5.75 Å². The molecule has 0 saturated carbocycles. The number of fused-ring (bicyclic) bond motifs is 1. The quantitative estimate of drug-likeness (QED) is 0.402. The third kappa shape index (κ3) is 4.83. The van der Waals surface area contributed by atoms with Gasteiger partial charge in [-0.2, -0.15) is 0 Å². The van der Waals surface area contributed by atoms with E-state index in [-0.39, 0.29) is 17.5 Å². The van der Waals surface area contributed by atoms with E-state index < -0.39 is 0 Å². The van der Waals surface area contributed by atoms with Crippen LogP contribution >= 0.6 is 0 Å². The molecule has 150 valence electrons. The number of nitrogens with zero attached hydrogens (tertiary/aromatic N) is 1. The van der Waals surface area contributed by atoms with Gasteiger partial charge in [0.05, 0.1) is 6.61 Å². The Bertz CT molecular complexity index is 957. The fourth-order valence-corrected chi connectivity index (χ4v) is 4.06. The van der Waals surface area contributed by atoms with Gasteiger partial charge in [-0.15, -0.1) is 0 Å². The van der Waals surface area contributed by atoms with Gasteiger partial charge < -0.3 is 9.64 Å². The van der Waals surface area contributed by atoms with Crippen molar-refractivity contribution in [3.05, 3.63) is 78.1 Å². The minimum atomic E-state index is -0.304. The molecule has 1 saturated heterocycles. The van der Waals surface area contributed by atoms with Crippen LogP contribution in [-0.4, -0.2) is 36.9 Å². The molecule has 0 aliphatic carbocycles. The number of piperidine rings is 1. The molecule has 4 heteroatoms. The van der Waals surface area contributed by atoms with Gasteiger partial charge in [-0.05, 0) is 68.1 Å². The fraction of sp³-hybridized carbons (Fsp3) is 0.320. The number of Topliss-reactive ketones (excluding diaryl/α,β-unsaturated/α-hetero) is 1. The molecule has 1 aliphatic heterocycles. The second-order valence-electron chi connectivity index (χ2n) is 7.67. The monoisotopic (exact) mass is 391 g/mol. The molecule has 0 unspecified atom stereocenters. The Morgan fingerprint density at radius 3 is 2.48 bits per heavy atom. The molecule has 1 heterocycles. The van der Waals surface area contributed by atoms with Crippen molar-refractivity contribution in [1.82, 2.24) is 4.90 Å². The summed E-state index contributed by atoms with van der Waals surface area (Å²) in [5, 5.41) is 2.34. The zero-order valence-electron chi connectivity index (χ0n) is 16.5. The molecule has 29 heavy (non-hydrogen) atoms. The number of rotatable bonds is 7. The van der Waals surface area contributed by atoms with Gasteiger partial charge in [-0.3, -0.25) is 4.79 Å². The van der Waals surface area contributed by atoms with Crippen LogP contribution in [0.15, 0.2) is 66.7 Å². The van der Waals surface area contributed by atoms with Crippen molar-refractivity contribution >= 4 is 16.6 Å². The Hall–Kier alpha value is -2.72. The lowest BCUT2D eigenvalue weighted by molar-refractivity contribution is 0.0835. The molecule has 0 aromatic heterocycles. The number of benzene rings is 3. The SMILES string of the molecule is O=C(c1ccc(F)cc1)C1CCN(CCCOc2cccc3ccccc23)CC1. The largest absolute Gasteiger partial charge is 0.493 e. The van der Waals surface area contributed by atoms with E-state index in [0.717, 1.165) is 50.0 Å². The third-order valence-electron chi connectivity index (χ3n) is 5.71. The second-order valence-corrected chi connectivity index (χ2v) is 7.67. The van der Waals surface area contributed by atoms with Gasteiger partial charge in [-0.1, -0.05) is 36.4 Å². The van der Waals surface area contributed by atoms with Crippen LogP contribution < -0.4 is 4.74 Å². The van der Waals surface area contributed by atoms with Crippen LogP contribution in [0, 0.1) is 11.7 Å². The van der Waals surface area contributed by atoms with Crippen molar-refractivity contribution in [2.24, 2.45) is 5.92 Å². The molecule has 1 fully saturated rings. The summed E-state index contributed by atoms with van der Waals surface area (Å²) in [6.07, 6.45) is 2.68. The van der Waals surface area contributed by atoms with Crippen LogP contribution in [0.4, 0.5) is 4.39 Å². The van der Waals surface area contributed by atoms with Crippen LogP contribution in [0.25, 0.3) is 10.8 Å². The fourth-order valence-electron chi connectivity index (χ4n) is 4.06. The number of halogens is 1. The first-order chi connectivity index (χ1) is 14.2. The van der Waals surface area contributed by atoms with Gasteiger partial charge in [-0.25, -0.2) is 4.39 Å². The van der Waals surface area contributed by atoms with E-state index in [1.165, 1.54) is 17.5 Å². The zero-order valence-corrected chi connectivity index (χ0v) is 16.5. The summed E-state index contributed by atoms with van der Waals surface area (Å²) in [7, 11) is 0. The smallest absolute Gasteiger partial charge is 0.166 e. The number of hydrogen-bond donors (Lipinski definition) is 0. The average molecular weight is 391 g/mol. The lowest BCUT2D eigenvalue weighted by Gasteiger charge is -2.31. The Labute approximate surface area is 171 Å². The lowest BCUT2D eigenvalue weighted by atomic mass is 9.89. The van der Waals surface area contributed by atoms with E-state index in [1.807, 2.05) is 24.3 Å². The van der Waals surface area contributed by atoms with Gasteiger partial charge in [0.15, 0.2) is 5.78 Å². The molecular formula is C25H26FNO2. The molecule has 0 bridgehead atoms. The van der Waals surface area contributed by atoms with E-state index in [1.54, 1.807) is 12.1 Å². The maximum absolute atomic E-state index is 13.0. The van der Waals surface area contributed by atoms with Crippen molar-refractivity contribution in [1.29, 1.82) is 0 Å². The molecule has 0 spiro atoms. The molecule has 4 rings (SSSR count). The number of carbonyl (C=O) groups excluding carboxylic acids is 1. The van der Waals surface area contributed by atoms with Crippen LogP contribution in [-0.2, 0) is 0 Å². The van der Waals surface area contributed by atoms with Gasteiger partial charge in [0.2, 0.25) is 0 Å². The van der Waals surface area contributed by atoms with E-state index in [4.69, 9.17) is 4.74 Å². The molecule has 3 nitrogen and oxygen atoms in total. The van der Waals surface area contributed by atoms with Gasteiger partial charge in [0.1, 0.15) is 11.6 Å². The molecule has 3 aromatic carbocycles. The number of hydrogen-bond acceptors (Lipinski definition) is 3. The predicted molar refractivity (Wildman–Crippen MR) is 114 cm³/mol. The summed E-state index contributed by atoms with van der Waals surface area (Å²) >= 11 is 0. The summed E-state index contributed by atoms with van der Waals surface area (Å²) in [4.78, 5) is 15.0. The minimum absolute atomic E-state index is 0.0450. The van der Waals surface area contributed by atoms with Gasteiger partial charge in [0.25, 0.3) is 0 Å². The van der Waals surface area contributed by atoms with E-state index in [9.17, 15) is 9.18 Å². The number of likely N-dealkylation sites (tertiary alicyclic amines) is 1. The molecule has 3 aromatic rings. The Kier molecular flexibility index (Phi) is 6.20. The highest BCUT2D eigenvalue weighted by atomic mass is 19.1. The topological polar surface area (TPSA) is 29.5 Å². The molecule has 1 aliphatic rings. The van der Waals surface area contributed by atoms with E-state index >= 15 is 0 Å². The number of ether oxygens (including phenoxy) is 1. The van der Waals surface area contributed by atoms with Crippen molar-refractivity contribution in [3.8, 4) is 5.75 Å². The number of ketones is 1. The van der Waals surface area contributed by atoms with Crippen LogP contribution in [0.3, 0.4) is 0 Å². The molecular weight excluding hydrogens is 365 g/mol. The highest BCUT2D eigenvalue weighted by Gasteiger charge is 2.25. The predicted octanol–water partition coefficient (Wildman–Crippen LogP) is 5.34. The Morgan fingerprint density at radius 1 is 0.966 bits per heavy atom. The summed E-state index contributed by atoms with van der Waals surface area (Å²) in [6, 6.07) is 20.3. The molecule has 0 atom stereocenters. The van der Waals surface area contributed by atoms with Crippen molar-refractivity contribution in [2.45, 2.75) is 19.3 Å². The lowest BCUT2D eigenvalue weighted by Crippen LogP contribution is -2.37. The summed E-state index contributed by atoms with van der Waals surface area (Å²) in [5.41, 5.74) is 0.619. The summed E-state index contributed by atoms with van der Waals surface area (Å²) in [6.45, 7) is 3.50. The standard InChI is InChI=1S/C25H26FNO2/c26-22-11-9-20(10-12-22)25(28)21-13-16-27(17-14-21)15-4-18-29-24-8-3-6-19-5-1-2-7-23(19)24/h1-3,5-12,21H,4,13-18H2. The van der Waals surface area contributed by atoms with Crippen molar-refractivity contribution < 1.29 is 13.9 Å². The first kappa shape index (κ1) is 19.6. The van der Waals surface area contributed by atoms with Gasteiger partial charge in [0, 0.05) is 23.4 Å². The third-order valence-corrected chi connectivity index (χ3v) is 5.71. The highest BCUT2D eigenvalue weighted by molar-refractivity contribution is 5.97. The Morgan fingerprint density at radius 2 is 1.69 bits per heavy atom. The normalized spacial score (nSPS) is 15.5.